The molecule has 0 amide bonds. The van der Waals surface area contributed by atoms with Crippen molar-refractivity contribution in [3.63, 3.8) is 0 Å². The number of aromatic nitrogens is 4. The van der Waals surface area contributed by atoms with Gasteiger partial charge in [-0.2, -0.15) is 10.2 Å². The molecule has 0 saturated carbocycles. The van der Waals surface area contributed by atoms with E-state index < -0.39 is 30.7 Å². The lowest BCUT2D eigenvalue weighted by molar-refractivity contribution is -0.0676. The van der Waals surface area contributed by atoms with Crippen molar-refractivity contribution in [2.45, 2.75) is 30.7 Å². The Morgan fingerprint density at radius 2 is 2.04 bits per heavy atom. The van der Waals surface area contributed by atoms with Crippen LogP contribution in [0.2, 0.25) is 5.02 Å². The lowest BCUT2D eigenvalue weighted by Crippen LogP contribution is -2.34. The number of aliphatic hydroxyl groups is 2. The Balaban J connectivity index is 1.67. The molecule has 1 aliphatic rings. The Morgan fingerprint density at radius 3 is 2.74 bits per heavy atom. The van der Waals surface area contributed by atoms with Crippen LogP contribution in [0.25, 0.3) is 11.0 Å². The molecule has 3 heterocycles. The first kappa shape index (κ1) is 17.9. The molecule has 27 heavy (non-hydrogen) atoms. The number of hydrogen-bond donors (Lipinski definition) is 4. The van der Waals surface area contributed by atoms with Crippen LogP contribution < -0.4 is 11.3 Å². The molecule has 1 aliphatic heterocycles. The average molecular weight is 395 g/mol. The quantitative estimate of drug-likeness (QED) is 0.378. The number of nitrogens with zero attached hydrogens (tertiary/aromatic N) is 4. The smallest absolute Gasteiger partial charge is 0.185 e. The zero-order valence-corrected chi connectivity index (χ0v) is 14.5. The van der Waals surface area contributed by atoms with Crippen LogP contribution in [-0.4, -0.2) is 48.3 Å². The number of rotatable bonds is 3. The Kier molecular flexibility index (Phi) is 4.56. The van der Waals surface area contributed by atoms with Crippen LogP contribution in [0.3, 0.4) is 0 Å². The highest BCUT2D eigenvalue weighted by Gasteiger charge is 2.48. The number of ether oxygens (including phenoxy) is 1. The summed E-state index contributed by atoms with van der Waals surface area (Å²) in [4.78, 5) is 6.83. The predicted molar refractivity (Wildman–Crippen MR) is 92.9 cm³/mol. The Labute approximate surface area is 156 Å². The normalized spacial score (nSPS) is 27.3. The number of benzene rings is 1. The van der Waals surface area contributed by atoms with Crippen molar-refractivity contribution in [1.82, 2.24) is 19.7 Å². The van der Waals surface area contributed by atoms with E-state index >= 15 is 0 Å². The molecule has 0 radical (unpaired) electrons. The Hall–Kier alpha value is -2.53. The molecule has 0 aliphatic carbocycles. The maximum Gasteiger partial charge on any atom is 0.185 e. The fourth-order valence-corrected chi connectivity index (χ4v) is 3.28. The van der Waals surface area contributed by atoms with Gasteiger partial charge in [-0.3, -0.25) is 0 Å². The van der Waals surface area contributed by atoms with E-state index in [1.165, 1.54) is 29.3 Å². The topological polar surface area (TPSA) is 135 Å². The van der Waals surface area contributed by atoms with Crippen LogP contribution in [0.5, 0.6) is 0 Å². The molecule has 5 atom stereocenters. The van der Waals surface area contributed by atoms with Gasteiger partial charge in [-0.25, -0.2) is 14.1 Å². The fraction of sp³-hybridized carbons (Fsp3) is 0.312. The van der Waals surface area contributed by atoms with Crippen molar-refractivity contribution in [3.8, 4) is 0 Å². The van der Waals surface area contributed by atoms with Crippen LogP contribution in [0.4, 0.5) is 4.39 Å². The molecule has 2 aromatic heterocycles. The molecule has 1 fully saturated rings. The summed E-state index contributed by atoms with van der Waals surface area (Å²) < 4.78 is 21.9. The summed E-state index contributed by atoms with van der Waals surface area (Å²) in [6.45, 7) is 0. The van der Waals surface area contributed by atoms with Gasteiger partial charge in [0.2, 0.25) is 0 Å². The Bertz CT molecular complexity index is 1020. The van der Waals surface area contributed by atoms with Crippen molar-refractivity contribution >= 4 is 22.6 Å². The lowest BCUT2D eigenvalue weighted by Gasteiger charge is -2.19. The summed E-state index contributed by atoms with van der Waals surface area (Å²) in [5.74, 6) is 5.30. The van der Waals surface area contributed by atoms with Gasteiger partial charge in [0.1, 0.15) is 24.0 Å². The molecule has 4 rings (SSSR count). The zero-order chi connectivity index (χ0) is 19.1. The molecule has 0 bridgehead atoms. The third-order valence-electron chi connectivity index (χ3n) is 4.54. The first-order valence-corrected chi connectivity index (χ1v) is 8.45. The van der Waals surface area contributed by atoms with Gasteiger partial charge in [-0.1, -0.05) is 23.7 Å². The van der Waals surface area contributed by atoms with Gasteiger partial charge in [0.25, 0.3) is 0 Å². The van der Waals surface area contributed by atoms with Crippen molar-refractivity contribution in [2.75, 3.05) is 0 Å². The number of fused-ring (bicyclic) bond motifs is 1. The molecule has 3 aromatic rings. The number of H-pyrrole nitrogens is 1. The maximum atomic E-state index is 14.9. The zero-order valence-electron chi connectivity index (χ0n) is 13.8. The highest BCUT2D eigenvalue weighted by Crippen LogP contribution is 2.38. The van der Waals surface area contributed by atoms with E-state index in [1.54, 1.807) is 12.1 Å². The Morgan fingerprint density at radius 1 is 1.30 bits per heavy atom. The molecule has 5 N–H and O–H groups in total. The standard InChI is InChI=1S/C16H16ClFN6O3/c17-8-3-1-7(2-4-8)10(18)13-11(25)12(26)16(27-13)24-15-9(5-22-24)14(23-19)20-6-21-15/h1-6,10-13,16,25-26H,19H2,(H,20,21,23)/t10?,11-,12+,13+,16+/m0/s1. The van der Waals surface area contributed by atoms with Crippen LogP contribution in [0.1, 0.15) is 18.0 Å². The van der Waals surface area contributed by atoms with Crippen molar-refractivity contribution in [3.05, 3.63) is 52.9 Å². The molecule has 1 aromatic carbocycles. The van der Waals surface area contributed by atoms with Gasteiger partial charge < -0.3 is 25.8 Å². The number of aliphatic hydroxyl groups excluding tert-OH is 2. The summed E-state index contributed by atoms with van der Waals surface area (Å²) >= 11 is 5.82. The lowest BCUT2D eigenvalue weighted by atomic mass is 10.0. The van der Waals surface area contributed by atoms with Gasteiger partial charge in [0, 0.05) is 5.02 Å². The summed E-state index contributed by atoms with van der Waals surface area (Å²) in [6.07, 6.45) is -4.13. The largest absolute Gasteiger partial charge is 0.387 e. The van der Waals surface area contributed by atoms with E-state index in [0.717, 1.165) is 0 Å². The van der Waals surface area contributed by atoms with E-state index in [2.05, 4.69) is 20.2 Å². The molecule has 11 heteroatoms. The van der Waals surface area contributed by atoms with Gasteiger partial charge in [0.15, 0.2) is 17.9 Å². The van der Waals surface area contributed by atoms with Crippen molar-refractivity contribution in [2.24, 2.45) is 10.9 Å². The average Bonchev–Trinajstić information content (AvgIpc) is 3.23. The van der Waals surface area contributed by atoms with Gasteiger partial charge >= 0.3 is 0 Å². The maximum absolute atomic E-state index is 14.9. The number of nitrogens with two attached hydrogens (primary N) is 1. The first-order valence-electron chi connectivity index (χ1n) is 8.07. The monoisotopic (exact) mass is 394 g/mol. The van der Waals surface area contributed by atoms with Crippen LogP contribution in [0, 0.1) is 0 Å². The molecule has 1 unspecified atom stereocenters. The number of alkyl halides is 1. The van der Waals surface area contributed by atoms with Crippen LogP contribution in [-0.2, 0) is 4.74 Å². The number of hydrogen-bond acceptors (Lipinski definition) is 7. The predicted octanol–water partition coefficient (Wildman–Crippen LogP) is 0.517. The molecule has 1 saturated heterocycles. The minimum absolute atomic E-state index is 0.240. The summed E-state index contributed by atoms with van der Waals surface area (Å²) in [5.41, 5.74) is 0.929. The van der Waals surface area contributed by atoms with Gasteiger partial charge in [-0.15, -0.1) is 0 Å². The third-order valence-corrected chi connectivity index (χ3v) is 4.79. The second-order valence-electron chi connectivity index (χ2n) is 6.13. The number of aromatic amines is 1. The van der Waals surface area contributed by atoms with Gasteiger partial charge in [0.05, 0.1) is 17.9 Å². The molecule has 0 spiro atoms. The minimum atomic E-state index is -1.67. The summed E-state index contributed by atoms with van der Waals surface area (Å²) in [5, 5.41) is 29.4. The van der Waals surface area contributed by atoms with Crippen LogP contribution in [0.15, 0.2) is 41.9 Å². The highest BCUT2D eigenvalue weighted by atomic mass is 35.5. The highest BCUT2D eigenvalue weighted by molar-refractivity contribution is 6.30. The third kappa shape index (κ3) is 2.96. The second-order valence-corrected chi connectivity index (χ2v) is 6.57. The molecular weight excluding hydrogens is 379 g/mol. The van der Waals surface area contributed by atoms with E-state index in [9.17, 15) is 14.6 Å². The molecule has 9 nitrogen and oxygen atoms in total. The van der Waals surface area contributed by atoms with E-state index in [-0.39, 0.29) is 11.1 Å². The van der Waals surface area contributed by atoms with E-state index in [0.29, 0.717) is 16.1 Å². The molecular formula is C16H16ClFN6O3. The SMILES string of the molecule is NN=c1nc[nH]c2c1cnn2[C@@H]1O[C@H](C(F)c2ccc(Cl)cc2)[C@@H](O)[C@H]1O. The first-order chi connectivity index (χ1) is 13.0. The minimum Gasteiger partial charge on any atom is -0.387 e. The van der Waals surface area contributed by atoms with E-state index in [4.69, 9.17) is 22.2 Å². The van der Waals surface area contributed by atoms with Crippen molar-refractivity contribution < 1.29 is 19.3 Å². The number of halogens is 2. The van der Waals surface area contributed by atoms with Crippen LogP contribution >= 0.6 is 11.6 Å². The summed E-state index contributed by atoms with van der Waals surface area (Å²) in [6, 6.07) is 6.08. The van der Waals surface area contributed by atoms with Crippen molar-refractivity contribution in [1.29, 1.82) is 0 Å². The molecule has 142 valence electrons. The second kappa shape index (κ2) is 6.89. The number of nitrogens with one attached hydrogen (secondary N) is 1. The van der Waals surface area contributed by atoms with Gasteiger partial charge in [-0.05, 0) is 17.7 Å². The fourth-order valence-electron chi connectivity index (χ4n) is 3.16. The summed E-state index contributed by atoms with van der Waals surface area (Å²) in [7, 11) is 0. The van der Waals surface area contributed by atoms with E-state index in [1.807, 2.05) is 0 Å².